The Morgan fingerprint density at radius 2 is 2.09 bits per heavy atom. The van der Waals surface area contributed by atoms with Crippen molar-refractivity contribution >= 4 is 16.6 Å². The van der Waals surface area contributed by atoms with E-state index in [1.807, 2.05) is 52.2 Å². The van der Waals surface area contributed by atoms with E-state index in [1.54, 1.807) is 0 Å². The van der Waals surface area contributed by atoms with E-state index in [1.165, 1.54) is 11.1 Å². The largest absolute Gasteiger partial charge is 0.485 e. The highest BCUT2D eigenvalue weighted by molar-refractivity contribution is 5.83. The first-order valence-electron chi connectivity index (χ1n) is 10.9. The zero-order valence-corrected chi connectivity index (χ0v) is 17.7. The number of nitrogens with zero attached hydrogens (tertiary/aromatic N) is 5. The number of fused-ring (bicyclic) bond motifs is 2. The molecule has 1 unspecified atom stereocenters. The maximum absolute atomic E-state index is 9.22. The Hall–Kier alpha value is -4.07. The zero-order chi connectivity index (χ0) is 21.7. The van der Waals surface area contributed by atoms with Crippen LogP contribution in [0, 0.1) is 18.3 Å². The molecule has 2 aromatic carbocycles. The topological polar surface area (TPSA) is 68.7 Å². The number of ether oxygens (including phenoxy) is 1. The third kappa shape index (κ3) is 3.03. The van der Waals surface area contributed by atoms with Gasteiger partial charge < -0.3 is 4.74 Å². The number of rotatable bonds is 4. The van der Waals surface area contributed by atoms with Gasteiger partial charge in [-0.2, -0.15) is 15.5 Å². The molecule has 2 aromatic heterocycles. The molecule has 0 spiro atoms. The fraction of sp³-hybridized carbons (Fsp3) is 0.231. The second-order valence-electron chi connectivity index (χ2n) is 8.40. The predicted octanol–water partition coefficient (Wildman–Crippen LogP) is 5.26. The molecule has 6 rings (SSSR count). The van der Waals surface area contributed by atoms with Gasteiger partial charge in [0, 0.05) is 17.9 Å². The fourth-order valence-corrected chi connectivity index (χ4v) is 4.54. The number of aromatic nitrogens is 4. The lowest BCUT2D eigenvalue weighted by Crippen LogP contribution is -2.16. The molecule has 0 amide bonds. The maximum atomic E-state index is 9.22. The van der Waals surface area contributed by atoms with Crippen LogP contribution >= 0.6 is 0 Å². The lowest BCUT2D eigenvalue weighted by Gasteiger charge is -2.27. The van der Waals surface area contributed by atoms with Gasteiger partial charge in [0.25, 0.3) is 0 Å². The fourth-order valence-electron chi connectivity index (χ4n) is 4.54. The average molecular weight is 419 g/mol. The second kappa shape index (κ2) is 7.26. The number of nitriles is 1. The molecule has 0 fully saturated rings. The number of allylic oxidation sites excluding steroid dienone is 1. The van der Waals surface area contributed by atoms with Gasteiger partial charge in [0.05, 0.1) is 41.4 Å². The maximum Gasteiger partial charge on any atom is 0.125 e. The van der Waals surface area contributed by atoms with Crippen molar-refractivity contribution in [1.82, 2.24) is 19.6 Å². The summed E-state index contributed by atoms with van der Waals surface area (Å²) in [4.78, 5) is 0. The third-order valence-electron chi connectivity index (χ3n) is 6.32. The first kappa shape index (κ1) is 18.7. The van der Waals surface area contributed by atoms with E-state index in [2.05, 4.69) is 41.1 Å². The summed E-state index contributed by atoms with van der Waals surface area (Å²) in [5.74, 6) is 0.860. The molecule has 0 N–H and O–H groups in total. The van der Waals surface area contributed by atoms with Crippen LogP contribution < -0.4 is 4.74 Å². The Kier molecular flexibility index (Phi) is 4.24. The van der Waals surface area contributed by atoms with Crippen LogP contribution in [0.15, 0.2) is 60.7 Å². The molecule has 6 heteroatoms. The van der Waals surface area contributed by atoms with E-state index in [-0.39, 0.29) is 6.10 Å². The monoisotopic (exact) mass is 419 g/mol. The Bertz CT molecular complexity index is 1480. The van der Waals surface area contributed by atoms with E-state index >= 15 is 0 Å². The van der Waals surface area contributed by atoms with Gasteiger partial charge in [-0.3, -0.25) is 0 Å². The molecule has 4 aromatic rings. The Balaban J connectivity index is 1.36. The van der Waals surface area contributed by atoms with Gasteiger partial charge >= 0.3 is 0 Å². The van der Waals surface area contributed by atoms with Gasteiger partial charge in [-0.05, 0) is 67.2 Å². The summed E-state index contributed by atoms with van der Waals surface area (Å²) >= 11 is 0. The molecule has 0 saturated carbocycles. The van der Waals surface area contributed by atoms with Crippen LogP contribution in [0.1, 0.15) is 47.6 Å². The standard InChI is InChI=1S/C26H21N5O/c1-17-10-20-14-29-31(22-15-28-30(16-22)21-5-3-6-21)24(20)12-26(17)32-25-7-2-4-19-11-18(13-27)8-9-23(19)25/h3,8-12,14-16,25H,2,4-5,7H2,1H3. The van der Waals surface area contributed by atoms with E-state index < -0.39 is 0 Å². The van der Waals surface area contributed by atoms with Crippen molar-refractivity contribution in [3.8, 4) is 17.5 Å². The molecule has 0 radical (unpaired) electrons. The summed E-state index contributed by atoms with van der Waals surface area (Å²) in [6.07, 6.45) is 11.6. The molecular formula is C26H21N5O. The summed E-state index contributed by atoms with van der Waals surface area (Å²) in [7, 11) is 0. The van der Waals surface area contributed by atoms with Crippen LogP contribution in [0.2, 0.25) is 0 Å². The summed E-state index contributed by atoms with van der Waals surface area (Å²) in [5.41, 5.74) is 10.3. The summed E-state index contributed by atoms with van der Waals surface area (Å²) in [6, 6.07) is 12.4. The number of hydrogen-bond acceptors (Lipinski definition) is 4. The van der Waals surface area contributed by atoms with Gasteiger partial charge in [-0.15, -0.1) is 5.73 Å². The van der Waals surface area contributed by atoms with Crippen LogP contribution in [0.4, 0.5) is 0 Å². The number of benzene rings is 2. The number of aryl methyl sites for hydroxylation is 2. The summed E-state index contributed by atoms with van der Waals surface area (Å²) < 4.78 is 10.3. The Morgan fingerprint density at radius 1 is 1.19 bits per heavy atom. The molecule has 2 heterocycles. The summed E-state index contributed by atoms with van der Waals surface area (Å²) in [5, 5.41) is 19.3. The SMILES string of the molecule is Cc1cc2cnn(-c3cnn(C4=C=CC4)c3)c2cc1OC1CCCc2cc(C#N)ccc21. The lowest BCUT2D eigenvalue weighted by atomic mass is 9.88. The van der Waals surface area contributed by atoms with E-state index in [0.717, 1.165) is 59.3 Å². The lowest BCUT2D eigenvalue weighted by molar-refractivity contribution is 0.182. The first-order chi connectivity index (χ1) is 15.7. The van der Waals surface area contributed by atoms with Crippen molar-refractivity contribution in [2.75, 3.05) is 0 Å². The van der Waals surface area contributed by atoms with Crippen molar-refractivity contribution in [3.05, 3.63) is 83.0 Å². The van der Waals surface area contributed by atoms with Crippen molar-refractivity contribution in [2.45, 2.75) is 38.7 Å². The van der Waals surface area contributed by atoms with Crippen LogP contribution in [-0.2, 0) is 6.42 Å². The molecule has 0 bridgehead atoms. The minimum Gasteiger partial charge on any atom is -0.485 e. The highest BCUT2D eigenvalue weighted by Gasteiger charge is 2.23. The molecule has 2 aliphatic carbocycles. The van der Waals surface area contributed by atoms with Gasteiger partial charge in [0.15, 0.2) is 0 Å². The van der Waals surface area contributed by atoms with E-state index in [4.69, 9.17) is 4.74 Å². The van der Waals surface area contributed by atoms with Crippen LogP contribution in [0.25, 0.3) is 22.3 Å². The number of hydrogen-bond donors (Lipinski definition) is 0. The average Bonchev–Trinajstić information content (AvgIpc) is 3.39. The van der Waals surface area contributed by atoms with Crippen LogP contribution in [-0.4, -0.2) is 19.6 Å². The Morgan fingerprint density at radius 3 is 2.91 bits per heavy atom. The van der Waals surface area contributed by atoms with Gasteiger partial charge in [-0.25, -0.2) is 9.36 Å². The van der Waals surface area contributed by atoms with Crippen LogP contribution in [0.5, 0.6) is 5.75 Å². The molecule has 0 saturated heterocycles. The van der Waals surface area contributed by atoms with Crippen molar-refractivity contribution in [3.63, 3.8) is 0 Å². The molecule has 0 aliphatic heterocycles. The quantitative estimate of drug-likeness (QED) is 0.423. The molecular weight excluding hydrogens is 398 g/mol. The molecule has 2 aliphatic rings. The third-order valence-corrected chi connectivity index (χ3v) is 6.32. The van der Waals surface area contributed by atoms with Gasteiger partial charge in [0.1, 0.15) is 17.5 Å². The minimum atomic E-state index is -0.0147. The van der Waals surface area contributed by atoms with Crippen LogP contribution in [0.3, 0.4) is 0 Å². The first-order valence-corrected chi connectivity index (χ1v) is 10.9. The van der Waals surface area contributed by atoms with Crippen molar-refractivity contribution in [1.29, 1.82) is 5.26 Å². The van der Waals surface area contributed by atoms with Crippen molar-refractivity contribution < 1.29 is 4.74 Å². The molecule has 156 valence electrons. The second-order valence-corrected chi connectivity index (χ2v) is 8.40. The molecule has 32 heavy (non-hydrogen) atoms. The highest BCUT2D eigenvalue weighted by Crippen LogP contribution is 2.36. The van der Waals surface area contributed by atoms with E-state index in [0.29, 0.717) is 5.56 Å². The van der Waals surface area contributed by atoms with Gasteiger partial charge in [0.2, 0.25) is 0 Å². The summed E-state index contributed by atoms with van der Waals surface area (Å²) in [6.45, 7) is 2.07. The normalized spacial score (nSPS) is 16.9. The zero-order valence-electron chi connectivity index (χ0n) is 17.7. The molecule has 6 nitrogen and oxygen atoms in total. The minimum absolute atomic E-state index is 0.0147. The smallest absolute Gasteiger partial charge is 0.125 e. The Labute approximate surface area is 185 Å². The van der Waals surface area contributed by atoms with Crippen molar-refractivity contribution in [2.24, 2.45) is 0 Å². The van der Waals surface area contributed by atoms with Gasteiger partial charge in [-0.1, -0.05) is 6.07 Å². The van der Waals surface area contributed by atoms with E-state index in [9.17, 15) is 5.26 Å². The molecule has 1 atom stereocenters. The highest BCUT2D eigenvalue weighted by atomic mass is 16.5. The predicted molar refractivity (Wildman–Crippen MR) is 121 cm³/mol.